The molecule has 4 rings (SSSR count). The van der Waals surface area contributed by atoms with E-state index in [1.165, 1.54) is 29.2 Å². The van der Waals surface area contributed by atoms with E-state index in [0.717, 1.165) is 4.90 Å². The summed E-state index contributed by atoms with van der Waals surface area (Å²) in [7, 11) is 0. The van der Waals surface area contributed by atoms with Crippen molar-refractivity contribution in [2.75, 3.05) is 13.2 Å². The summed E-state index contributed by atoms with van der Waals surface area (Å²) in [5.74, 6) is -2.22. The maximum atomic E-state index is 13.2. The molecule has 2 aromatic carbocycles. The summed E-state index contributed by atoms with van der Waals surface area (Å²) in [6, 6.07) is 4.64. The molecule has 8 nitrogen and oxygen atoms in total. The number of benzene rings is 2. The summed E-state index contributed by atoms with van der Waals surface area (Å²) in [4.78, 5) is 54.5. The molecule has 156 valence electrons. The van der Waals surface area contributed by atoms with E-state index in [9.17, 15) is 29.4 Å². The van der Waals surface area contributed by atoms with Gasteiger partial charge in [0.05, 0.1) is 19.3 Å². The van der Waals surface area contributed by atoms with Gasteiger partial charge in [-0.3, -0.25) is 29.0 Å². The lowest BCUT2D eigenvalue weighted by Crippen LogP contribution is -2.51. The van der Waals surface area contributed by atoms with Crippen molar-refractivity contribution in [3.63, 3.8) is 0 Å². The van der Waals surface area contributed by atoms with E-state index in [2.05, 4.69) is 0 Å². The molecule has 30 heavy (non-hydrogen) atoms. The monoisotopic (exact) mass is 410 g/mol. The third-order valence-corrected chi connectivity index (χ3v) is 6.05. The van der Waals surface area contributed by atoms with Crippen LogP contribution in [0.2, 0.25) is 0 Å². The summed E-state index contributed by atoms with van der Waals surface area (Å²) in [5, 5.41) is 19.6. The molecule has 0 spiro atoms. The normalized spacial score (nSPS) is 15.9. The Morgan fingerprint density at radius 2 is 0.933 bits per heavy atom. The molecule has 0 radical (unpaired) electrons. The lowest BCUT2D eigenvalue weighted by molar-refractivity contribution is 0.0373. The Morgan fingerprint density at radius 1 is 0.633 bits per heavy atom. The Balaban J connectivity index is 1.97. The van der Waals surface area contributed by atoms with Crippen molar-refractivity contribution in [1.29, 1.82) is 0 Å². The van der Waals surface area contributed by atoms with E-state index in [-0.39, 0.29) is 33.7 Å². The topological polar surface area (TPSA) is 115 Å². The van der Waals surface area contributed by atoms with Crippen molar-refractivity contribution in [2.45, 2.75) is 38.8 Å². The summed E-state index contributed by atoms with van der Waals surface area (Å²) >= 11 is 0. The number of nitrogens with zero attached hydrogens (tertiary/aromatic N) is 2. The van der Waals surface area contributed by atoms with Crippen molar-refractivity contribution in [1.82, 2.24) is 9.80 Å². The van der Waals surface area contributed by atoms with Gasteiger partial charge in [0.15, 0.2) is 0 Å². The Labute approximate surface area is 172 Å². The molecule has 0 saturated heterocycles. The van der Waals surface area contributed by atoms with Crippen LogP contribution in [0.4, 0.5) is 0 Å². The number of rotatable bonds is 6. The highest BCUT2D eigenvalue weighted by Gasteiger charge is 2.42. The summed E-state index contributed by atoms with van der Waals surface area (Å²) < 4.78 is 0. The molecule has 8 heteroatoms. The minimum Gasteiger partial charge on any atom is -0.394 e. The molecule has 0 fully saturated rings. The number of aliphatic hydroxyl groups excluding tert-OH is 2. The van der Waals surface area contributed by atoms with E-state index in [1.807, 2.05) is 13.8 Å². The standard InChI is InChI=1S/C22H22N2O6/c1-3-11(4-2)23-19(27)13-5-7-15-18-16(8-6-14(17(13)18)20(23)28)22(30)24(21(15)29)12(9-25)10-26/h5-8,11-12,25-26H,3-4,9-10H2,1-2H3. The van der Waals surface area contributed by atoms with Gasteiger partial charge in [0.2, 0.25) is 0 Å². The fourth-order valence-corrected chi connectivity index (χ4v) is 4.45. The first-order valence-corrected chi connectivity index (χ1v) is 9.98. The van der Waals surface area contributed by atoms with Gasteiger partial charge in [0.25, 0.3) is 23.6 Å². The number of imide groups is 2. The highest BCUT2D eigenvalue weighted by Crippen LogP contribution is 2.39. The van der Waals surface area contributed by atoms with E-state index >= 15 is 0 Å². The summed E-state index contributed by atoms with van der Waals surface area (Å²) in [6.45, 7) is 2.66. The molecular weight excluding hydrogens is 388 g/mol. The number of carbonyl (C=O) groups is 4. The first-order valence-electron chi connectivity index (χ1n) is 9.98. The first-order chi connectivity index (χ1) is 14.4. The number of aliphatic hydroxyl groups is 2. The van der Waals surface area contributed by atoms with Crippen LogP contribution in [0.5, 0.6) is 0 Å². The number of hydrogen-bond donors (Lipinski definition) is 2. The molecule has 4 amide bonds. The maximum Gasteiger partial charge on any atom is 0.261 e. The van der Waals surface area contributed by atoms with Gasteiger partial charge in [-0.1, -0.05) is 13.8 Å². The number of amides is 4. The molecule has 0 bridgehead atoms. The second kappa shape index (κ2) is 7.30. The van der Waals surface area contributed by atoms with Crippen molar-refractivity contribution in [3.8, 4) is 0 Å². The number of hydrogen-bond acceptors (Lipinski definition) is 6. The minimum atomic E-state index is -1.07. The molecule has 2 aliphatic rings. The third kappa shape index (κ3) is 2.54. The molecule has 2 N–H and O–H groups in total. The predicted octanol–water partition coefficient (Wildman–Crippen LogP) is 1.57. The molecule has 0 saturated carbocycles. The van der Waals surface area contributed by atoms with Crippen LogP contribution in [0.25, 0.3) is 10.8 Å². The fraction of sp³-hybridized carbons (Fsp3) is 0.364. The molecule has 0 atom stereocenters. The van der Waals surface area contributed by atoms with Crippen molar-refractivity contribution >= 4 is 34.4 Å². The maximum absolute atomic E-state index is 13.2. The van der Waals surface area contributed by atoms with Crippen LogP contribution >= 0.6 is 0 Å². The van der Waals surface area contributed by atoms with Crippen LogP contribution in [0, 0.1) is 0 Å². The smallest absolute Gasteiger partial charge is 0.261 e. The zero-order chi connectivity index (χ0) is 21.7. The Morgan fingerprint density at radius 3 is 1.20 bits per heavy atom. The lowest BCUT2D eigenvalue weighted by atomic mass is 9.85. The zero-order valence-corrected chi connectivity index (χ0v) is 16.7. The minimum absolute atomic E-state index is 0.161. The highest BCUT2D eigenvalue weighted by atomic mass is 16.3. The highest BCUT2D eigenvalue weighted by molar-refractivity contribution is 6.33. The first kappa shape index (κ1) is 20.2. The van der Waals surface area contributed by atoms with Crippen LogP contribution in [0.15, 0.2) is 24.3 Å². The SMILES string of the molecule is CCC(CC)N1C(=O)c2ccc3c4c(ccc(c24)C1=O)C(=O)N(C(CO)CO)C3=O. The second-order valence-corrected chi connectivity index (χ2v) is 7.52. The van der Waals surface area contributed by atoms with Gasteiger partial charge >= 0.3 is 0 Å². The molecule has 2 heterocycles. The van der Waals surface area contributed by atoms with Crippen LogP contribution in [-0.2, 0) is 0 Å². The molecule has 0 aliphatic carbocycles. The van der Waals surface area contributed by atoms with Gasteiger partial charge in [0.1, 0.15) is 0 Å². The third-order valence-electron chi connectivity index (χ3n) is 6.05. The average molecular weight is 410 g/mol. The van der Waals surface area contributed by atoms with Crippen LogP contribution in [-0.4, -0.2) is 68.9 Å². The summed E-state index contributed by atoms with van der Waals surface area (Å²) in [6.07, 6.45) is 1.25. The van der Waals surface area contributed by atoms with E-state index in [1.54, 1.807) is 0 Å². The molecule has 0 unspecified atom stereocenters. The quantitative estimate of drug-likeness (QED) is 0.699. The Kier molecular flexibility index (Phi) is 4.91. The predicted molar refractivity (Wildman–Crippen MR) is 107 cm³/mol. The van der Waals surface area contributed by atoms with E-state index < -0.39 is 42.9 Å². The van der Waals surface area contributed by atoms with Crippen LogP contribution in [0.3, 0.4) is 0 Å². The van der Waals surface area contributed by atoms with Crippen molar-refractivity contribution in [2.24, 2.45) is 0 Å². The van der Waals surface area contributed by atoms with Gasteiger partial charge < -0.3 is 10.2 Å². The van der Waals surface area contributed by atoms with Gasteiger partial charge in [-0.15, -0.1) is 0 Å². The van der Waals surface area contributed by atoms with E-state index in [4.69, 9.17) is 0 Å². The van der Waals surface area contributed by atoms with Crippen molar-refractivity contribution < 1.29 is 29.4 Å². The largest absolute Gasteiger partial charge is 0.394 e. The Hall–Kier alpha value is -3.10. The Bertz CT molecular complexity index is 943. The molecule has 2 aliphatic heterocycles. The lowest BCUT2D eigenvalue weighted by Gasteiger charge is -2.36. The van der Waals surface area contributed by atoms with Gasteiger partial charge in [-0.25, -0.2) is 0 Å². The van der Waals surface area contributed by atoms with Crippen LogP contribution in [0.1, 0.15) is 68.1 Å². The van der Waals surface area contributed by atoms with Gasteiger partial charge in [-0.05, 0) is 37.1 Å². The van der Waals surface area contributed by atoms with Gasteiger partial charge in [-0.2, -0.15) is 0 Å². The second-order valence-electron chi connectivity index (χ2n) is 7.52. The summed E-state index contributed by atoms with van der Waals surface area (Å²) in [5.41, 5.74) is 0.890. The van der Waals surface area contributed by atoms with Crippen LogP contribution < -0.4 is 0 Å². The molecular formula is C22H22N2O6. The molecule has 0 aromatic heterocycles. The zero-order valence-electron chi connectivity index (χ0n) is 16.7. The number of carbonyl (C=O) groups excluding carboxylic acids is 4. The molecule has 2 aromatic rings. The van der Waals surface area contributed by atoms with Gasteiger partial charge in [0, 0.05) is 39.1 Å². The van der Waals surface area contributed by atoms with Crippen molar-refractivity contribution in [3.05, 3.63) is 46.5 Å². The van der Waals surface area contributed by atoms with E-state index in [0.29, 0.717) is 18.2 Å². The fourth-order valence-electron chi connectivity index (χ4n) is 4.45. The average Bonchev–Trinajstić information content (AvgIpc) is 2.76.